The van der Waals surface area contributed by atoms with Gasteiger partial charge in [-0.3, -0.25) is 0 Å². The molecule has 0 aliphatic rings. The van der Waals surface area contributed by atoms with Gasteiger partial charge in [0.2, 0.25) is 0 Å². The third-order valence-electron chi connectivity index (χ3n) is 1.70. The maximum atomic E-state index is 12.3. The average Bonchev–Trinajstić information content (AvgIpc) is 2.45. The number of carbonyl (C=O) groups is 1. The number of hydrogen-bond donors (Lipinski definition) is 0. The van der Waals surface area contributed by atoms with E-state index in [1.807, 2.05) is 0 Å². The molecule has 15 heavy (non-hydrogen) atoms. The van der Waals surface area contributed by atoms with Crippen molar-refractivity contribution in [2.24, 2.45) is 0 Å². The summed E-state index contributed by atoms with van der Waals surface area (Å²) < 4.78 is 41.4. The SMILES string of the molecule is COC(=O)c1cc([B-](F)(F)F)c(C)s1.[K+]. The van der Waals surface area contributed by atoms with Gasteiger partial charge < -0.3 is 17.7 Å². The first-order valence-corrected chi connectivity index (χ1v) is 4.56. The third kappa shape index (κ3) is 3.86. The van der Waals surface area contributed by atoms with Crippen LogP contribution in [-0.4, -0.2) is 20.1 Å². The molecule has 78 valence electrons. The van der Waals surface area contributed by atoms with Crippen LogP contribution in [0.5, 0.6) is 0 Å². The van der Waals surface area contributed by atoms with Gasteiger partial charge in [-0.05, 0) is 11.8 Å². The van der Waals surface area contributed by atoms with Crippen LogP contribution in [-0.2, 0) is 4.74 Å². The van der Waals surface area contributed by atoms with Gasteiger partial charge in [-0.15, -0.1) is 11.3 Å². The Morgan fingerprint density at radius 3 is 2.33 bits per heavy atom. The Morgan fingerprint density at radius 1 is 1.47 bits per heavy atom. The zero-order valence-electron chi connectivity index (χ0n) is 8.51. The fraction of sp³-hybridized carbons (Fsp3) is 0.286. The molecule has 0 aliphatic carbocycles. The molecule has 0 amide bonds. The molecule has 2 nitrogen and oxygen atoms in total. The first-order chi connectivity index (χ1) is 6.36. The molecule has 8 heteroatoms. The molecule has 0 atom stereocenters. The van der Waals surface area contributed by atoms with Crippen molar-refractivity contribution < 1.29 is 73.9 Å². The van der Waals surface area contributed by atoms with Gasteiger partial charge in [0.25, 0.3) is 0 Å². The molecule has 0 unspecified atom stereocenters. The molecule has 0 saturated heterocycles. The van der Waals surface area contributed by atoms with Crippen LogP contribution >= 0.6 is 11.3 Å². The average molecular weight is 262 g/mol. The third-order valence-corrected chi connectivity index (χ3v) is 2.74. The maximum absolute atomic E-state index is 12.3. The molecule has 0 bridgehead atoms. The normalized spacial score (nSPS) is 10.7. The van der Waals surface area contributed by atoms with Crippen LogP contribution in [0.4, 0.5) is 12.9 Å². The molecule has 1 aromatic heterocycles. The summed E-state index contributed by atoms with van der Waals surface area (Å²) >= 11 is 0.795. The number of rotatable bonds is 2. The Morgan fingerprint density at radius 2 is 2.00 bits per heavy atom. The van der Waals surface area contributed by atoms with E-state index in [9.17, 15) is 17.7 Å². The molecule has 1 heterocycles. The standard InChI is InChI=1S/C7H7BF3O2S.K/c1-4-5(8(9,10)11)3-6(14-4)7(12)13-2;/h3H,1-2H3;/q-1;+1. The topological polar surface area (TPSA) is 26.3 Å². The summed E-state index contributed by atoms with van der Waals surface area (Å²) in [5, 5.41) is 0. The largest absolute Gasteiger partial charge is 1.00 e. The van der Waals surface area contributed by atoms with E-state index in [4.69, 9.17) is 0 Å². The Labute approximate surface area is 132 Å². The van der Waals surface area contributed by atoms with Crippen LogP contribution in [0.3, 0.4) is 0 Å². The van der Waals surface area contributed by atoms with Gasteiger partial charge in [-0.25, -0.2) is 4.79 Å². The van der Waals surface area contributed by atoms with Crippen molar-refractivity contribution in [1.29, 1.82) is 0 Å². The van der Waals surface area contributed by atoms with Gasteiger partial charge in [-0.1, -0.05) is 11.5 Å². The van der Waals surface area contributed by atoms with Crippen molar-refractivity contribution >= 4 is 29.7 Å². The summed E-state index contributed by atoms with van der Waals surface area (Å²) in [5.74, 6) is -0.732. The first-order valence-electron chi connectivity index (χ1n) is 3.75. The molecule has 0 aliphatic heterocycles. The fourth-order valence-corrected chi connectivity index (χ4v) is 2.02. The summed E-state index contributed by atoms with van der Waals surface area (Å²) in [6.45, 7) is -3.71. The van der Waals surface area contributed by atoms with Crippen molar-refractivity contribution in [2.45, 2.75) is 6.92 Å². The van der Waals surface area contributed by atoms with Crippen LogP contribution in [0.25, 0.3) is 0 Å². The minimum absolute atomic E-state index is 0. The molecule has 0 spiro atoms. The fourth-order valence-electron chi connectivity index (χ4n) is 1.02. The van der Waals surface area contributed by atoms with Crippen LogP contribution < -0.4 is 56.8 Å². The molecule has 0 aromatic carbocycles. The molecule has 0 radical (unpaired) electrons. The number of halogens is 3. The zero-order valence-corrected chi connectivity index (χ0v) is 12.5. The maximum Gasteiger partial charge on any atom is 1.00 e. The van der Waals surface area contributed by atoms with E-state index >= 15 is 0 Å². The van der Waals surface area contributed by atoms with Crippen molar-refractivity contribution in [3.05, 3.63) is 15.8 Å². The van der Waals surface area contributed by atoms with Gasteiger partial charge in [0.1, 0.15) is 4.88 Å². The van der Waals surface area contributed by atoms with Crippen molar-refractivity contribution in [1.82, 2.24) is 0 Å². The molecule has 1 aromatic rings. The van der Waals surface area contributed by atoms with Crippen molar-refractivity contribution in [2.75, 3.05) is 7.11 Å². The second-order valence-corrected chi connectivity index (χ2v) is 3.94. The van der Waals surface area contributed by atoms with E-state index in [1.54, 1.807) is 0 Å². The minimum atomic E-state index is -5.04. The number of hydrogen-bond acceptors (Lipinski definition) is 3. The Bertz CT molecular complexity index is 364. The number of esters is 1. The summed E-state index contributed by atoms with van der Waals surface area (Å²) in [7, 11) is 1.13. The van der Waals surface area contributed by atoms with E-state index in [1.165, 1.54) is 6.92 Å². The van der Waals surface area contributed by atoms with E-state index in [2.05, 4.69) is 4.74 Å². The molecule has 0 N–H and O–H groups in total. The Kier molecular flexibility index (Phi) is 6.09. The van der Waals surface area contributed by atoms with E-state index in [0.29, 0.717) is 0 Å². The summed E-state index contributed by atoms with van der Waals surface area (Å²) in [6, 6.07) is 0.839. The predicted octanol–water partition coefficient (Wildman–Crippen LogP) is -1.10. The van der Waals surface area contributed by atoms with Gasteiger partial charge in [0.15, 0.2) is 0 Å². The van der Waals surface area contributed by atoms with Crippen molar-refractivity contribution in [3.63, 3.8) is 0 Å². The number of ether oxygens (including phenoxy) is 1. The second-order valence-electron chi connectivity index (χ2n) is 2.69. The molecule has 0 saturated carbocycles. The van der Waals surface area contributed by atoms with Crippen LogP contribution in [0.2, 0.25) is 0 Å². The minimum Gasteiger partial charge on any atom is -0.465 e. The van der Waals surface area contributed by atoms with Crippen molar-refractivity contribution in [3.8, 4) is 0 Å². The van der Waals surface area contributed by atoms with Crippen LogP contribution in [0, 0.1) is 6.92 Å². The quantitative estimate of drug-likeness (QED) is 0.499. The predicted molar refractivity (Wildman–Crippen MR) is 49.1 cm³/mol. The van der Waals surface area contributed by atoms with Gasteiger partial charge >= 0.3 is 64.3 Å². The summed E-state index contributed by atoms with van der Waals surface area (Å²) in [4.78, 5) is 11.0. The van der Waals surface area contributed by atoms with E-state index in [-0.39, 0.29) is 61.1 Å². The Balaban J connectivity index is 0.00000196. The zero-order chi connectivity index (χ0) is 10.9. The summed E-state index contributed by atoms with van der Waals surface area (Å²) in [5.41, 5.74) is -0.713. The van der Waals surface area contributed by atoms with E-state index < -0.39 is 18.4 Å². The number of carbonyl (C=O) groups excluding carboxylic acids is 1. The summed E-state index contributed by atoms with van der Waals surface area (Å²) in [6.07, 6.45) is 0. The first kappa shape index (κ1) is 15.7. The van der Waals surface area contributed by atoms with E-state index in [0.717, 1.165) is 24.5 Å². The molecule has 1 rings (SSSR count). The van der Waals surface area contributed by atoms with Crippen LogP contribution in [0.15, 0.2) is 6.07 Å². The van der Waals surface area contributed by atoms with Crippen LogP contribution in [0.1, 0.15) is 14.5 Å². The number of methoxy groups -OCH3 is 1. The van der Waals surface area contributed by atoms with Gasteiger partial charge in [-0.2, -0.15) is 0 Å². The second kappa shape index (κ2) is 5.83. The van der Waals surface area contributed by atoms with Gasteiger partial charge in [0.05, 0.1) is 7.11 Å². The molecule has 0 fully saturated rings. The smallest absolute Gasteiger partial charge is 0.465 e. The number of thiophene rings is 1. The number of aryl methyl sites for hydroxylation is 1. The molecular formula is C7H7BF3KO2S. The molecular weight excluding hydrogens is 255 g/mol. The Hall–Kier alpha value is 0.661. The van der Waals surface area contributed by atoms with Gasteiger partial charge in [0, 0.05) is 0 Å². The monoisotopic (exact) mass is 262 g/mol.